The summed E-state index contributed by atoms with van der Waals surface area (Å²) < 4.78 is 29.8. The maximum Gasteiger partial charge on any atom is 0.335 e. The molecule has 5 heteroatoms. The van der Waals surface area contributed by atoms with Gasteiger partial charge in [-0.3, -0.25) is 0 Å². The van der Waals surface area contributed by atoms with Crippen LogP contribution in [0.1, 0.15) is 27.0 Å². The minimum Gasteiger partial charge on any atom is -0.478 e. The SMILES string of the molecule is O=C(O)c1cccc(-c2cccc3cc(C(F)c4ccccc4F)sc23)c1. The second-order valence-electron chi connectivity index (χ2n) is 6.14. The van der Waals surface area contributed by atoms with Crippen molar-refractivity contribution in [2.45, 2.75) is 6.17 Å². The first-order chi connectivity index (χ1) is 13.0. The van der Waals surface area contributed by atoms with E-state index in [1.54, 1.807) is 24.3 Å². The van der Waals surface area contributed by atoms with Crippen molar-refractivity contribution >= 4 is 27.4 Å². The van der Waals surface area contributed by atoms with Crippen molar-refractivity contribution in [1.82, 2.24) is 0 Å². The molecule has 1 heterocycles. The first-order valence-corrected chi connectivity index (χ1v) is 9.11. The average molecular weight is 380 g/mol. The molecule has 1 aromatic heterocycles. The van der Waals surface area contributed by atoms with Crippen LogP contribution in [0.3, 0.4) is 0 Å². The summed E-state index contributed by atoms with van der Waals surface area (Å²) in [4.78, 5) is 11.7. The van der Waals surface area contributed by atoms with Crippen molar-refractivity contribution in [1.29, 1.82) is 0 Å². The Hall–Kier alpha value is -3.05. The van der Waals surface area contributed by atoms with E-state index >= 15 is 0 Å². The number of alkyl halides is 1. The molecule has 0 aliphatic rings. The summed E-state index contributed by atoms with van der Waals surface area (Å²) in [7, 11) is 0. The molecular formula is C22H14F2O2S. The molecular weight excluding hydrogens is 366 g/mol. The van der Waals surface area contributed by atoms with Crippen molar-refractivity contribution in [3.8, 4) is 11.1 Å². The molecule has 0 aliphatic carbocycles. The Morgan fingerprint density at radius 3 is 2.52 bits per heavy atom. The molecule has 0 amide bonds. The van der Waals surface area contributed by atoms with Gasteiger partial charge in [0, 0.05) is 15.1 Å². The third-order valence-electron chi connectivity index (χ3n) is 4.41. The van der Waals surface area contributed by atoms with Crippen LogP contribution in [0.25, 0.3) is 21.2 Å². The van der Waals surface area contributed by atoms with Crippen LogP contribution in [-0.2, 0) is 0 Å². The molecule has 1 unspecified atom stereocenters. The van der Waals surface area contributed by atoms with Gasteiger partial charge in [0.25, 0.3) is 0 Å². The van der Waals surface area contributed by atoms with E-state index in [9.17, 15) is 18.7 Å². The lowest BCUT2D eigenvalue weighted by Gasteiger charge is -2.07. The highest BCUT2D eigenvalue weighted by Gasteiger charge is 2.20. The number of benzene rings is 3. The molecule has 27 heavy (non-hydrogen) atoms. The summed E-state index contributed by atoms with van der Waals surface area (Å²) >= 11 is 1.26. The molecule has 0 saturated carbocycles. The molecule has 134 valence electrons. The number of halogens is 2. The highest BCUT2D eigenvalue weighted by molar-refractivity contribution is 7.19. The number of rotatable bonds is 4. The zero-order chi connectivity index (χ0) is 19.0. The highest BCUT2D eigenvalue weighted by Crippen LogP contribution is 2.40. The number of carboxylic acids is 1. The normalized spacial score (nSPS) is 12.2. The maximum atomic E-state index is 15.0. The van der Waals surface area contributed by atoms with Gasteiger partial charge < -0.3 is 5.11 Å². The quantitative estimate of drug-likeness (QED) is 0.441. The first-order valence-electron chi connectivity index (χ1n) is 8.29. The molecule has 0 saturated heterocycles. The lowest BCUT2D eigenvalue weighted by molar-refractivity contribution is 0.0697. The molecule has 3 aromatic carbocycles. The largest absolute Gasteiger partial charge is 0.478 e. The van der Waals surface area contributed by atoms with Gasteiger partial charge in [-0.1, -0.05) is 48.5 Å². The minimum absolute atomic E-state index is 0.0125. The monoisotopic (exact) mass is 380 g/mol. The molecule has 1 atom stereocenters. The van der Waals surface area contributed by atoms with Gasteiger partial charge >= 0.3 is 5.97 Å². The predicted octanol–water partition coefficient (Wildman–Crippen LogP) is 6.46. The average Bonchev–Trinajstić information content (AvgIpc) is 3.12. The van der Waals surface area contributed by atoms with Crippen molar-refractivity contribution in [3.63, 3.8) is 0 Å². The first kappa shape index (κ1) is 17.4. The van der Waals surface area contributed by atoms with Gasteiger partial charge in [-0.2, -0.15) is 0 Å². The van der Waals surface area contributed by atoms with E-state index in [-0.39, 0.29) is 11.1 Å². The van der Waals surface area contributed by atoms with Gasteiger partial charge in [0.2, 0.25) is 0 Å². The van der Waals surface area contributed by atoms with Crippen LogP contribution >= 0.6 is 11.3 Å². The molecule has 0 bridgehead atoms. The lowest BCUT2D eigenvalue weighted by atomic mass is 10.0. The van der Waals surface area contributed by atoms with Crippen molar-refractivity contribution in [3.05, 3.63) is 94.6 Å². The Morgan fingerprint density at radius 2 is 1.74 bits per heavy atom. The van der Waals surface area contributed by atoms with E-state index < -0.39 is 18.0 Å². The van der Waals surface area contributed by atoms with Crippen molar-refractivity contribution < 1.29 is 18.7 Å². The van der Waals surface area contributed by atoms with E-state index in [2.05, 4.69) is 0 Å². The minimum atomic E-state index is -1.55. The zero-order valence-electron chi connectivity index (χ0n) is 14.0. The number of hydrogen-bond donors (Lipinski definition) is 1. The fourth-order valence-electron chi connectivity index (χ4n) is 3.09. The number of fused-ring (bicyclic) bond motifs is 1. The predicted molar refractivity (Wildman–Crippen MR) is 104 cm³/mol. The second-order valence-corrected chi connectivity index (χ2v) is 7.23. The second kappa shape index (κ2) is 6.93. The van der Waals surface area contributed by atoms with Gasteiger partial charge in [0.1, 0.15) is 5.82 Å². The number of thiophene rings is 1. The van der Waals surface area contributed by atoms with Crippen LogP contribution in [-0.4, -0.2) is 11.1 Å². The smallest absolute Gasteiger partial charge is 0.335 e. The van der Waals surface area contributed by atoms with E-state index in [1.807, 2.05) is 24.3 Å². The van der Waals surface area contributed by atoms with Crippen LogP contribution in [0, 0.1) is 5.82 Å². The zero-order valence-corrected chi connectivity index (χ0v) is 14.8. The molecule has 2 nitrogen and oxygen atoms in total. The molecule has 0 spiro atoms. The molecule has 0 fully saturated rings. The lowest BCUT2D eigenvalue weighted by Crippen LogP contribution is -1.95. The fraction of sp³-hybridized carbons (Fsp3) is 0.0455. The van der Waals surface area contributed by atoms with Crippen molar-refractivity contribution in [2.75, 3.05) is 0 Å². The number of carboxylic acid groups (broad SMARTS) is 1. The van der Waals surface area contributed by atoms with Gasteiger partial charge in [0.05, 0.1) is 5.56 Å². The third-order valence-corrected chi connectivity index (χ3v) is 5.63. The Kier molecular flexibility index (Phi) is 4.46. The Bertz CT molecular complexity index is 1150. The number of hydrogen-bond acceptors (Lipinski definition) is 2. The molecule has 1 N–H and O–H groups in total. The van der Waals surface area contributed by atoms with E-state index in [4.69, 9.17) is 0 Å². The summed E-state index contributed by atoms with van der Waals surface area (Å²) in [5, 5.41) is 10.1. The summed E-state index contributed by atoms with van der Waals surface area (Å²) in [6, 6.07) is 19.8. The molecule has 4 aromatic rings. The van der Waals surface area contributed by atoms with Crippen LogP contribution in [0.4, 0.5) is 8.78 Å². The van der Waals surface area contributed by atoms with Crippen LogP contribution < -0.4 is 0 Å². The molecule has 0 aliphatic heterocycles. The standard InChI is InChI=1S/C22H14F2O2S/c23-18-10-2-1-8-17(18)20(24)19-12-14-6-4-9-16(21(14)27-19)13-5-3-7-15(11-13)22(25)26/h1-12,20H,(H,25,26). The summed E-state index contributed by atoms with van der Waals surface area (Å²) in [6.07, 6.45) is -1.55. The maximum absolute atomic E-state index is 15.0. The van der Waals surface area contributed by atoms with Crippen LogP contribution in [0.5, 0.6) is 0 Å². The number of carbonyl (C=O) groups is 1. The Balaban J connectivity index is 1.82. The number of aromatic carboxylic acids is 1. The Morgan fingerprint density at radius 1 is 0.963 bits per heavy atom. The van der Waals surface area contributed by atoms with E-state index in [0.717, 1.165) is 21.2 Å². The fourth-order valence-corrected chi connectivity index (χ4v) is 4.28. The van der Waals surface area contributed by atoms with Gasteiger partial charge in [-0.25, -0.2) is 13.6 Å². The third kappa shape index (κ3) is 3.22. The molecule has 0 radical (unpaired) electrons. The van der Waals surface area contributed by atoms with Crippen molar-refractivity contribution in [2.24, 2.45) is 0 Å². The van der Waals surface area contributed by atoms with E-state index in [1.165, 1.54) is 35.6 Å². The van der Waals surface area contributed by atoms with E-state index in [0.29, 0.717) is 4.88 Å². The molecule has 4 rings (SSSR count). The van der Waals surface area contributed by atoms with Gasteiger partial charge in [-0.05, 0) is 40.8 Å². The Labute approximate surface area is 158 Å². The topological polar surface area (TPSA) is 37.3 Å². The van der Waals surface area contributed by atoms with Gasteiger partial charge in [0.15, 0.2) is 6.17 Å². The van der Waals surface area contributed by atoms with Gasteiger partial charge in [-0.15, -0.1) is 11.3 Å². The summed E-state index contributed by atoms with van der Waals surface area (Å²) in [5.74, 6) is -1.57. The highest BCUT2D eigenvalue weighted by atomic mass is 32.1. The summed E-state index contributed by atoms with van der Waals surface area (Å²) in [5.41, 5.74) is 1.78. The summed E-state index contributed by atoms with van der Waals surface area (Å²) in [6.45, 7) is 0. The van der Waals surface area contributed by atoms with Crippen LogP contribution in [0.2, 0.25) is 0 Å². The van der Waals surface area contributed by atoms with Crippen LogP contribution in [0.15, 0.2) is 72.8 Å².